The van der Waals surface area contributed by atoms with Gasteiger partial charge >= 0.3 is 5.97 Å². The van der Waals surface area contributed by atoms with Crippen molar-refractivity contribution in [1.82, 2.24) is 5.32 Å². The first kappa shape index (κ1) is 17.4. The Morgan fingerprint density at radius 1 is 1.35 bits per heavy atom. The SMILES string of the molecule is CC(C)(C)CC(O)CNCC1(O)CCC(C(=O)O)CC1. The molecule has 0 aromatic rings. The third-order valence-electron chi connectivity index (χ3n) is 3.95. The number of nitrogens with one attached hydrogen (secondary N) is 1. The zero-order chi connectivity index (χ0) is 15.4. The standard InChI is InChI=1S/C15H29NO4/c1-14(2,3)8-12(17)9-16-10-15(20)6-4-11(5-7-15)13(18)19/h11-12,16-17,20H,4-10H2,1-3H3,(H,18,19). The van der Waals surface area contributed by atoms with Crippen LogP contribution in [0, 0.1) is 11.3 Å². The minimum atomic E-state index is -0.826. The van der Waals surface area contributed by atoms with Gasteiger partial charge in [-0.25, -0.2) is 0 Å². The van der Waals surface area contributed by atoms with E-state index < -0.39 is 17.7 Å². The van der Waals surface area contributed by atoms with Gasteiger partial charge in [0.2, 0.25) is 0 Å². The van der Waals surface area contributed by atoms with Gasteiger partial charge in [-0.3, -0.25) is 4.79 Å². The van der Waals surface area contributed by atoms with E-state index in [4.69, 9.17) is 5.11 Å². The molecular formula is C15H29NO4. The smallest absolute Gasteiger partial charge is 0.306 e. The molecule has 5 nitrogen and oxygen atoms in total. The number of carboxylic acids is 1. The summed E-state index contributed by atoms with van der Waals surface area (Å²) in [6.07, 6.45) is 2.35. The Balaban J connectivity index is 2.27. The second kappa shape index (κ2) is 6.87. The summed E-state index contributed by atoms with van der Waals surface area (Å²) < 4.78 is 0. The van der Waals surface area contributed by atoms with Gasteiger partial charge in [0.1, 0.15) is 0 Å². The van der Waals surface area contributed by atoms with Crippen molar-refractivity contribution in [3.8, 4) is 0 Å². The predicted octanol–water partition coefficient (Wildman–Crippen LogP) is 1.38. The normalized spacial score (nSPS) is 29.1. The van der Waals surface area contributed by atoms with Gasteiger partial charge in [-0.2, -0.15) is 0 Å². The summed E-state index contributed by atoms with van der Waals surface area (Å²) in [4.78, 5) is 10.9. The lowest BCUT2D eigenvalue weighted by atomic mass is 9.79. The number of aliphatic carboxylic acids is 1. The molecule has 1 unspecified atom stereocenters. The van der Waals surface area contributed by atoms with E-state index in [2.05, 4.69) is 26.1 Å². The van der Waals surface area contributed by atoms with Gasteiger partial charge in [0.15, 0.2) is 0 Å². The van der Waals surface area contributed by atoms with Crippen molar-refractivity contribution in [3.63, 3.8) is 0 Å². The van der Waals surface area contributed by atoms with Crippen LogP contribution < -0.4 is 5.32 Å². The Hall–Kier alpha value is -0.650. The zero-order valence-corrected chi connectivity index (χ0v) is 12.9. The van der Waals surface area contributed by atoms with Crippen molar-refractivity contribution < 1.29 is 20.1 Å². The number of aliphatic hydroxyl groups excluding tert-OH is 1. The molecule has 4 N–H and O–H groups in total. The first-order valence-electron chi connectivity index (χ1n) is 7.45. The number of hydrogen-bond donors (Lipinski definition) is 4. The molecule has 0 amide bonds. The number of aliphatic hydroxyl groups is 2. The maximum Gasteiger partial charge on any atom is 0.306 e. The number of rotatable bonds is 6. The predicted molar refractivity (Wildman–Crippen MR) is 77.5 cm³/mol. The molecule has 1 aliphatic rings. The van der Waals surface area contributed by atoms with Crippen LogP contribution in [0.5, 0.6) is 0 Å². The van der Waals surface area contributed by atoms with Crippen LogP contribution in [0.2, 0.25) is 0 Å². The van der Waals surface area contributed by atoms with Crippen molar-refractivity contribution in [2.24, 2.45) is 11.3 Å². The Labute approximate surface area is 121 Å². The second-order valence-corrected chi connectivity index (χ2v) is 7.39. The molecule has 118 valence electrons. The van der Waals surface area contributed by atoms with Crippen LogP contribution >= 0.6 is 0 Å². The zero-order valence-electron chi connectivity index (χ0n) is 12.9. The maximum absolute atomic E-state index is 10.9. The van der Waals surface area contributed by atoms with Gasteiger partial charge in [-0.1, -0.05) is 20.8 Å². The van der Waals surface area contributed by atoms with E-state index in [1.807, 2.05) is 0 Å². The molecule has 20 heavy (non-hydrogen) atoms. The van der Waals surface area contributed by atoms with Gasteiger partial charge in [0.05, 0.1) is 17.6 Å². The van der Waals surface area contributed by atoms with Crippen molar-refractivity contribution in [3.05, 3.63) is 0 Å². The Morgan fingerprint density at radius 2 is 1.90 bits per heavy atom. The molecule has 1 fully saturated rings. The molecule has 0 aromatic heterocycles. The van der Waals surface area contributed by atoms with E-state index in [1.54, 1.807) is 0 Å². The first-order valence-corrected chi connectivity index (χ1v) is 7.45. The van der Waals surface area contributed by atoms with E-state index in [-0.39, 0.29) is 11.3 Å². The van der Waals surface area contributed by atoms with Gasteiger partial charge in [-0.05, 0) is 37.5 Å². The number of hydrogen-bond acceptors (Lipinski definition) is 4. The highest BCUT2D eigenvalue weighted by molar-refractivity contribution is 5.70. The molecule has 1 atom stereocenters. The Bertz CT molecular complexity index is 316. The van der Waals surface area contributed by atoms with Crippen molar-refractivity contribution in [2.75, 3.05) is 13.1 Å². The van der Waals surface area contributed by atoms with Crippen LogP contribution in [-0.4, -0.2) is 46.1 Å². The molecule has 0 bridgehead atoms. The Morgan fingerprint density at radius 3 is 2.35 bits per heavy atom. The van der Waals surface area contributed by atoms with E-state index in [9.17, 15) is 15.0 Å². The molecule has 0 spiro atoms. The number of carbonyl (C=O) groups is 1. The van der Waals surface area contributed by atoms with Crippen LogP contribution in [0.3, 0.4) is 0 Å². The molecule has 1 aliphatic carbocycles. The topological polar surface area (TPSA) is 89.8 Å². The fourth-order valence-corrected chi connectivity index (χ4v) is 2.83. The van der Waals surface area contributed by atoms with Crippen LogP contribution in [-0.2, 0) is 4.79 Å². The van der Waals surface area contributed by atoms with E-state index in [0.29, 0.717) is 45.2 Å². The highest BCUT2D eigenvalue weighted by Gasteiger charge is 2.35. The van der Waals surface area contributed by atoms with Crippen LogP contribution in [0.15, 0.2) is 0 Å². The first-order chi connectivity index (χ1) is 9.11. The molecular weight excluding hydrogens is 258 g/mol. The average molecular weight is 287 g/mol. The van der Waals surface area contributed by atoms with Gasteiger partial charge in [-0.15, -0.1) is 0 Å². The summed E-state index contributed by atoms with van der Waals surface area (Å²) in [5.74, 6) is -1.08. The van der Waals surface area contributed by atoms with Gasteiger partial charge in [0, 0.05) is 13.1 Å². The van der Waals surface area contributed by atoms with E-state index >= 15 is 0 Å². The van der Waals surface area contributed by atoms with Crippen molar-refractivity contribution >= 4 is 5.97 Å². The minimum Gasteiger partial charge on any atom is -0.481 e. The molecule has 0 aliphatic heterocycles. The molecule has 1 saturated carbocycles. The summed E-state index contributed by atoms with van der Waals surface area (Å²) >= 11 is 0. The van der Waals surface area contributed by atoms with Crippen molar-refractivity contribution in [2.45, 2.75) is 64.6 Å². The molecule has 0 heterocycles. The highest BCUT2D eigenvalue weighted by Crippen LogP contribution is 2.31. The summed E-state index contributed by atoms with van der Waals surface area (Å²) in [5.41, 5.74) is -0.745. The molecule has 0 radical (unpaired) electrons. The molecule has 0 aromatic carbocycles. The summed E-state index contributed by atoms with van der Waals surface area (Å²) in [5, 5.41) is 32.3. The maximum atomic E-state index is 10.9. The van der Waals surface area contributed by atoms with Crippen LogP contribution in [0.25, 0.3) is 0 Å². The summed E-state index contributed by atoms with van der Waals surface area (Å²) in [7, 11) is 0. The monoisotopic (exact) mass is 287 g/mol. The van der Waals surface area contributed by atoms with Crippen LogP contribution in [0.4, 0.5) is 0 Å². The quantitative estimate of drug-likeness (QED) is 0.592. The van der Waals surface area contributed by atoms with E-state index in [1.165, 1.54) is 0 Å². The number of carboxylic acid groups (broad SMARTS) is 1. The lowest BCUT2D eigenvalue weighted by molar-refractivity contribution is -0.144. The molecule has 5 heteroatoms. The molecule has 1 rings (SSSR count). The Kier molecular flexibility index (Phi) is 5.98. The fraction of sp³-hybridized carbons (Fsp3) is 0.933. The van der Waals surface area contributed by atoms with E-state index in [0.717, 1.165) is 0 Å². The lowest BCUT2D eigenvalue weighted by Gasteiger charge is -2.35. The van der Waals surface area contributed by atoms with Crippen molar-refractivity contribution in [1.29, 1.82) is 0 Å². The highest BCUT2D eigenvalue weighted by atomic mass is 16.4. The summed E-state index contributed by atoms with van der Waals surface area (Å²) in [6, 6.07) is 0. The molecule has 0 saturated heterocycles. The lowest BCUT2D eigenvalue weighted by Crippen LogP contribution is -2.46. The fourth-order valence-electron chi connectivity index (χ4n) is 2.83. The summed E-state index contributed by atoms with van der Waals surface area (Å²) in [6.45, 7) is 7.12. The van der Waals surface area contributed by atoms with Gasteiger partial charge in [0.25, 0.3) is 0 Å². The average Bonchev–Trinajstić information content (AvgIpc) is 2.26. The largest absolute Gasteiger partial charge is 0.481 e. The minimum absolute atomic E-state index is 0.0809. The third kappa shape index (κ3) is 6.20. The second-order valence-electron chi connectivity index (χ2n) is 7.39. The van der Waals surface area contributed by atoms with Gasteiger partial charge < -0.3 is 20.6 Å². The van der Waals surface area contributed by atoms with Crippen LogP contribution in [0.1, 0.15) is 52.9 Å². The third-order valence-corrected chi connectivity index (χ3v) is 3.95.